The molecule has 0 fully saturated rings. The van der Waals surface area contributed by atoms with E-state index in [0.29, 0.717) is 11.3 Å². The molecular formula is C13H12N2OS. The number of aromatic nitrogens is 2. The Kier molecular flexibility index (Phi) is 3.88. The fourth-order valence-electron chi connectivity index (χ4n) is 1.28. The number of carbonyl (C=O) groups excluding carboxylic acids is 1. The Bertz CT molecular complexity index is 494. The molecule has 0 atom stereocenters. The van der Waals surface area contributed by atoms with Crippen molar-refractivity contribution in [1.29, 1.82) is 0 Å². The molecule has 2 aromatic rings. The molecule has 0 N–H and O–H groups in total. The van der Waals surface area contributed by atoms with E-state index in [1.54, 1.807) is 24.2 Å². The summed E-state index contributed by atoms with van der Waals surface area (Å²) in [6.07, 6.45) is 3.84. The van der Waals surface area contributed by atoms with Gasteiger partial charge in [0, 0.05) is 17.3 Å². The molecule has 0 aliphatic rings. The normalized spacial score (nSPS) is 10.2. The van der Waals surface area contributed by atoms with Crippen LogP contribution in [0.5, 0.6) is 0 Å². The number of benzene rings is 1. The molecule has 0 amide bonds. The highest BCUT2D eigenvalue weighted by molar-refractivity contribution is 7.98. The minimum atomic E-state index is 0.508. The van der Waals surface area contributed by atoms with Gasteiger partial charge in [0.05, 0.1) is 11.3 Å². The topological polar surface area (TPSA) is 42.9 Å². The molecule has 0 saturated heterocycles. The molecule has 17 heavy (non-hydrogen) atoms. The molecule has 4 heteroatoms. The van der Waals surface area contributed by atoms with Crippen LogP contribution in [0.2, 0.25) is 0 Å². The van der Waals surface area contributed by atoms with E-state index in [1.165, 1.54) is 10.5 Å². The predicted molar refractivity (Wildman–Crippen MR) is 68.2 cm³/mol. The van der Waals surface area contributed by atoms with Crippen molar-refractivity contribution in [3.05, 3.63) is 53.6 Å². The second-order valence-corrected chi connectivity index (χ2v) is 4.70. The van der Waals surface area contributed by atoms with Gasteiger partial charge in [-0.25, -0.2) is 9.97 Å². The molecule has 0 saturated carbocycles. The van der Waals surface area contributed by atoms with E-state index in [1.807, 2.05) is 0 Å². The average molecular weight is 244 g/mol. The van der Waals surface area contributed by atoms with E-state index in [9.17, 15) is 4.79 Å². The summed E-state index contributed by atoms with van der Waals surface area (Å²) in [5.74, 6) is 1.45. The van der Waals surface area contributed by atoms with Crippen molar-refractivity contribution in [2.24, 2.45) is 0 Å². The summed E-state index contributed by atoms with van der Waals surface area (Å²) >= 11 is 1.68. The standard InChI is InChI=1S/C13H12N2OS/c1-10-2-4-12(5-3-10)17-9-13-14-6-11(8-16)7-15-13/h2-8H,9H2,1H3. The lowest BCUT2D eigenvalue weighted by atomic mass is 10.2. The van der Waals surface area contributed by atoms with Gasteiger partial charge in [0.1, 0.15) is 5.82 Å². The van der Waals surface area contributed by atoms with Gasteiger partial charge < -0.3 is 0 Å². The van der Waals surface area contributed by atoms with Crippen LogP contribution in [0, 0.1) is 6.92 Å². The van der Waals surface area contributed by atoms with Gasteiger partial charge in [0.2, 0.25) is 0 Å². The molecule has 2 rings (SSSR count). The highest BCUT2D eigenvalue weighted by Gasteiger charge is 1.99. The first-order chi connectivity index (χ1) is 8.28. The number of thioether (sulfide) groups is 1. The third-order valence-electron chi connectivity index (χ3n) is 2.25. The van der Waals surface area contributed by atoms with E-state index in [4.69, 9.17) is 0 Å². The summed E-state index contributed by atoms with van der Waals surface area (Å²) in [5.41, 5.74) is 1.76. The van der Waals surface area contributed by atoms with E-state index in [2.05, 4.69) is 41.2 Å². The summed E-state index contributed by atoms with van der Waals surface area (Å²) in [5, 5.41) is 0. The van der Waals surface area contributed by atoms with Gasteiger partial charge in [-0.05, 0) is 19.1 Å². The quantitative estimate of drug-likeness (QED) is 0.612. The van der Waals surface area contributed by atoms with Crippen LogP contribution in [0.3, 0.4) is 0 Å². The van der Waals surface area contributed by atoms with Gasteiger partial charge in [-0.15, -0.1) is 11.8 Å². The average Bonchev–Trinajstić information content (AvgIpc) is 2.39. The number of hydrogen-bond acceptors (Lipinski definition) is 4. The minimum absolute atomic E-state index is 0.508. The summed E-state index contributed by atoms with van der Waals surface area (Å²) in [4.78, 5) is 19.9. The summed E-state index contributed by atoms with van der Waals surface area (Å²) < 4.78 is 0. The van der Waals surface area contributed by atoms with Crippen molar-refractivity contribution in [2.45, 2.75) is 17.6 Å². The molecule has 0 radical (unpaired) electrons. The summed E-state index contributed by atoms with van der Waals surface area (Å²) in [6.45, 7) is 2.07. The molecule has 0 aliphatic carbocycles. The number of aryl methyl sites for hydroxylation is 1. The minimum Gasteiger partial charge on any atom is -0.298 e. The molecule has 0 spiro atoms. The number of rotatable bonds is 4. The lowest BCUT2D eigenvalue weighted by molar-refractivity contribution is 0.112. The van der Waals surface area contributed by atoms with Crippen LogP contribution in [0.4, 0.5) is 0 Å². The zero-order chi connectivity index (χ0) is 12.1. The molecule has 0 aliphatic heterocycles. The van der Waals surface area contributed by atoms with Crippen molar-refractivity contribution >= 4 is 18.0 Å². The van der Waals surface area contributed by atoms with Crippen LogP contribution in [0.25, 0.3) is 0 Å². The summed E-state index contributed by atoms with van der Waals surface area (Å²) in [6, 6.07) is 8.33. The second-order valence-electron chi connectivity index (χ2n) is 3.65. The van der Waals surface area contributed by atoms with Gasteiger partial charge in [-0.3, -0.25) is 4.79 Å². The number of aldehydes is 1. The Balaban J connectivity index is 1.97. The van der Waals surface area contributed by atoms with Crippen LogP contribution in [0.15, 0.2) is 41.6 Å². The van der Waals surface area contributed by atoms with Crippen LogP contribution in [-0.2, 0) is 5.75 Å². The lowest BCUT2D eigenvalue weighted by Gasteiger charge is -2.01. The fourth-order valence-corrected chi connectivity index (χ4v) is 2.06. The highest BCUT2D eigenvalue weighted by Crippen LogP contribution is 2.21. The molecule has 1 aromatic heterocycles. The smallest absolute Gasteiger partial charge is 0.153 e. The summed E-state index contributed by atoms with van der Waals surface area (Å²) in [7, 11) is 0. The number of nitrogens with zero attached hydrogens (tertiary/aromatic N) is 2. The molecule has 86 valence electrons. The fraction of sp³-hybridized carbons (Fsp3) is 0.154. The maximum atomic E-state index is 10.4. The van der Waals surface area contributed by atoms with Crippen molar-refractivity contribution < 1.29 is 4.79 Å². The predicted octanol–water partition coefficient (Wildman–Crippen LogP) is 2.89. The SMILES string of the molecule is Cc1ccc(SCc2ncc(C=O)cn2)cc1. The molecule has 1 aromatic carbocycles. The Morgan fingerprint density at radius 3 is 2.41 bits per heavy atom. The molecule has 1 heterocycles. The highest BCUT2D eigenvalue weighted by atomic mass is 32.2. The largest absolute Gasteiger partial charge is 0.298 e. The van der Waals surface area contributed by atoms with Crippen LogP contribution in [-0.4, -0.2) is 16.3 Å². The van der Waals surface area contributed by atoms with Gasteiger partial charge >= 0.3 is 0 Å². The third kappa shape index (κ3) is 3.39. The first-order valence-electron chi connectivity index (χ1n) is 5.23. The molecular weight excluding hydrogens is 232 g/mol. The van der Waals surface area contributed by atoms with E-state index >= 15 is 0 Å². The van der Waals surface area contributed by atoms with Crippen molar-refractivity contribution in [3.8, 4) is 0 Å². The third-order valence-corrected chi connectivity index (χ3v) is 3.26. The van der Waals surface area contributed by atoms with E-state index in [-0.39, 0.29) is 0 Å². The monoisotopic (exact) mass is 244 g/mol. The Hall–Kier alpha value is -1.68. The second kappa shape index (κ2) is 5.59. The molecule has 0 bridgehead atoms. The molecule has 3 nitrogen and oxygen atoms in total. The maximum absolute atomic E-state index is 10.4. The number of carbonyl (C=O) groups is 1. The maximum Gasteiger partial charge on any atom is 0.153 e. The zero-order valence-corrected chi connectivity index (χ0v) is 10.3. The van der Waals surface area contributed by atoms with Gasteiger partial charge in [0.15, 0.2) is 6.29 Å². The van der Waals surface area contributed by atoms with Gasteiger partial charge in [-0.1, -0.05) is 17.7 Å². The number of hydrogen-bond donors (Lipinski definition) is 0. The van der Waals surface area contributed by atoms with Gasteiger partial charge in [0.25, 0.3) is 0 Å². The van der Waals surface area contributed by atoms with Gasteiger partial charge in [-0.2, -0.15) is 0 Å². The first-order valence-corrected chi connectivity index (χ1v) is 6.22. The lowest BCUT2D eigenvalue weighted by Crippen LogP contribution is -1.93. The Labute approximate surface area is 104 Å². The van der Waals surface area contributed by atoms with Crippen LogP contribution in [0.1, 0.15) is 21.7 Å². The van der Waals surface area contributed by atoms with Crippen molar-refractivity contribution in [2.75, 3.05) is 0 Å². The first kappa shape index (κ1) is 11.8. The molecule has 0 unspecified atom stereocenters. The Morgan fingerprint density at radius 1 is 1.18 bits per heavy atom. The Morgan fingerprint density at radius 2 is 1.82 bits per heavy atom. The van der Waals surface area contributed by atoms with Crippen molar-refractivity contribution in [3.63, 3.8) is 0 Å². The van der Waals surface area contributed by atoms with E-state index < -0.39 is 0 Å². The van der Waals surface area contributed by atoms with Crippen LogP contribution < -0.4 is 0 Å². The zero-order valence-electron chi connectivity index (χ0n) is 9.46. The van der Waals surface area contributed by atoms with Crippen molar-refractivity contribution in [1.82, 2.24) is 9.97 Å². The van der Waals surface area contributed by atoms with E-state index in [0.717, 1.165) is 12.1 Å². The van der Waals surface area contributed by atoms with Crippen LogP contribution >= 0.6 is 11.8 Å².